The van der Waals surface area contributed by atoms with Crippen LogP contribution < -0.4 is 0 Å². The molecule has 0 saturated heterocycles. The molecule has 2 N–H and O–H groups in total. The molecule has 7 heteroatoms. The van der Waals surface area contributed by atoms with E-state index in [4.69, 9.17) is 19.8 Å². The molecule has 0 amide bonds. The fourth-order valence-corrected chi connectivity index (χ4v) is 0. The van der Waals surface area contributed by atoms with E-state index in [1.165, 1.54) is 25.7 Å². The number of unbranched alkanes of at least 4 members (excludes halogenated alkanes) is 4. The molecule has 0 fully saturated rings. The summed E-state index contributed by atoms with van der Waals surface area (Å²) in [6.07, 6.45) is 9.11. The topological polar surface area (TPSA) is 87.0 Å². The van der Waals surface area contributed by atoms with Crippen LogP contribution in [0.25, 0.3) is 0 Å². The smallest absolute Gasteiger partial charge is 0.0678 e. The summed E-state index contributed by atoms with van der Waals surface area (Å²) < 4.78 is 2.82. The first-order chi connectivity index (χ1) is 12.5. The summed E-state index contributed by atoms with van der Waals surface area (Å²) in [5.41, 5.74) is 0. The van der Waals surface area contributed by atoms with Crippen molar-refractivity contribution in [2.45, 2.75) is 92.9 Å². The monoisotopic (exact) mass is 503 g/mol. The second kappa shape index (κ2) is 72.6. The van der Waals surface area contributed by atoms with Gasteiger partial charge in [-0.15, -0.1) is 0 Å². The van der Waals surface area contributed by atoms with Crippen LogP contribution >= 0.6 is 11.8 Å². The van der Waals surface area contributed by atoms with Gasteiger partial charge in [0, 0.05) is 13.8 Å². The number of carboxylic acid groups (broad SMARTS) is 2. The first-order valence-corrected chi connectivity index (χ1v) is 10.0. The molecule has 0 rings (SSSR count). The number of carboxylic acids is 2. The number of rotatable bonds is 4. The molecule has 5 nitrogen and oxygen atoms in total. The van der Waals surface area contributed by atoms with Crippen molar-refractivity contribution in [3.8, 4) is 0 Å². The maximum absolute atomic E-state index is 9.00. The Hall–Kier alpha value is -0.308. The van der Waals surface area contributed by atoms with E-state index in [1.807, 2.05) is 0 Å². The normalized spacial score (nSPS) is 6.85. The third-order valence-electron chi connectivity index (χ3n) is 1.41. The molecule has 0 heterocycles. The van der Waals surface area contributed by atoms with Crippen LogP contribution in [0, 0.1) is 27.7 Å². The Morgan fingerprint density at radius 2 is 0.778 bits per heavy atom. The quantitative estimate of drug-likeness (QED) is 0.306. The summed E-state index contributed by atoms with van der Waals surface area (Å²) >= 11 is 6.89. The summed E-state index contributed by atoms with van der Waals surface area (Å²) in [4.78, 5) is 18.0. The van der Waals surface area contributed by atoms with E-state index in [0.717, 1.165) is 39.5 Å². The van der Waals surface area contributed by atoms with Crippen molar-refractivity contribution in [1.82, 2.24) is 0 Å². The number of aliphatic carboxylic acids is 2. The SMILES string of the molecule is CC(=O)O.CC(=O)O.Cl[N]=[Pd].[CH2-]CCC.[CH2-]CCC.[CH2-]CCC.[CH2-]CCC. The predicted molar refractivity (Wildman–Crippen MR) is 116 cm³/mol. The van der Waals surface area contributed by atoms with E-state index in [-0.39, 0.29) is 0 Å². The molecular weight excluding hydrogens is 460 g/mol. The molecule has 174 valence electrons. The number of hydrogen-bond donors (Lipinski definition) is 2. The van der Waals surface area contributed by atoms with Crippen molar-refractivity contribution in [2.24, 2.45) is 3.09 Å². The van der Waals surface area contributed by atoms with Crippen LogP contribution in [0.1, 0.15) is 92.9 Å². The maximum Gasteiger partial charge on any atom is -0.0678 e. The van der Waals surface area contributed by atoms with Crippen molar-refractivity contribution >= 4 is 23.7 Å². The minimum Gasteiger partial charge on any atom is -0.343 e. The molecule has 0 aliphatic carbocycles. The predicted octanol–water partition coefficient (Wildman–Crippen LogP) is 7.53. The number of halogens is 1. The second-order valence-electron chi connectivity index (χ2n) is 4.51. The van der Waals surface area contributed by atoms with Gasteiger partial charge >= 0.3 is 33.9 Å². The zero-order valence-electron chi connectivity index (χ0n) is 18.3. The van der Waals surface area contributed by atoms with Crippen molar-refractivity contribution in [3.63, 3.8) is 0 Å². The van der Waals surface area contributed by atoms with Gasteiger partial charge in [-0.3, -0.25) is 9.59 Å². The Morgan fingerprint density at radius 3 is 0.778 bits per heavy atom. The first-order valence-electron chi connectivity index (χ1n) is 8.99. The minimum absolute atomic E-state index is 0.833. The molecular formula is C20H44ClNO4Pd-4. The van der Waals surface area contributed by atoms with Gasteiger partial charge in [-0.05, 0) is 0 Å². The number of hydrogen-bond acceptors (Lipinski definition) is 3. The van der Waals surface area contributed by atoms with Gasteiger partial charge < -0.3 is 37.9 Å². The van der Waals surface area contributed by atoms with E-state index in [2.05, 4.69) is 89.3 Å². The van der Waals surface area contributed by atoms with E-state index in [9.17, 15) is 0 Å². The molecule has 0 aliphatic heterocycles. The van der Waals surface area contributed by atoms with E-state index in [0.29, 0.717) is 0 Å². The fourth-order valence-electron chi connectivity index (χ4n) is 0. The molecule has 0 spiro atoms. The van der Waals surface area contributed by atoms with Crippen molar-refractivity contribution in [3.05, 3.63) is 27.7 Å². The van der Waals surface area contributed by atoms with E-state index in [1.54, 1.807) is 0 Å². The summed E-state index contributed by atoms with van der Waals surface area (Å²) in [5, 5.41) is 14.8. The maximum atomic E-state index is 9.00. The molecule has 0 aliphatic rings. The Labute approximate surface area is 186 Å². The van der Waals surface area contributed by atoms with Crippen LogP contribution in [0.4, 0.5) is 0 Å². The molecule has 27 heavy (non-hydrogen) atoms. The zero-order valence-corrected chi connectivity index (χ0v) is 20.6. The molecule has 0 aromatic rings. The summed E-state index contributed by atoms with van der Waals surface area (Å²) in [5.74, 6) is -1.67. The molecule has 0 bridgehead atoms. The summed E-state index contributed by atoms with van der Waals surface area (Å²) in [7, 11) is 0. The van der Waals surface area contributed by atoms with Gasteiger partial charge in [-0.1, -0.05) is 53.4 Å². The largest absolute Gasteiger partial charge is 0.343 e. The standard InChI is InChI=1S/4C4H9.2C2H4O2.ClN.Pd/c4*1-3-4-2;2*1-2(3)4;1-2;/h4*1,3-4H2,2H3;2*1H3,(H,3,4);;/q4*-1;;;;. The average molecular weight is 504 g/mol. The van der Waals surface area contributed by atoms with Crippen LogP contribution in [0.3, 0.4) is 0 Å². The molecule has 0 aromatic heterocycles. The van der Waals surface area contributed by atoms with Gasteiger partial charge in [0.05, 0.1) is 0 Å². The summed E-state index contributed by atoms with van der Waals surface area (Å²) in [6, 6.07) is 0. The third-order valence-corrected chi connectivity index (χ3v) is 1.41. The van der Waals surface area contributed by atoms with Crippen LogP contribution in [0.2, 0.25) is 0 Å². The molecule has 0 atom stereocenters. The van der Waals surface area contributed by atoms with Gasteiger partial charge in [0.1, 0.15) is 0 Å². The molecule has 0 unspecified atom stereocenters. The van der Waals surface area contributed by atoms with Crippen LogP contribution in [-0.4, -0.2) is 22.2 Å². The average Bonchev–Trinajstić information content (AvgIpc) is 2.61. The van der Waals surface area contributed by atoms with E-state index >= 15 is 0 Å². The second-order valence-corrected chi connectivity index (χ2v) is 5.40. The fraction of sp³-hybridized carbons (Fsp3) is 0.700. The van der Waals surface area contributed by atoms with Crippen molar-refractivity contribution < 1.29 is 38.8 Å². The van der Waals surface area contributed by atoms with Gasteiger partial charge in [0.15, 0.2) is 0 Å². The van der Waals surface area contributed by atoms with Crippen LogP contribution in [0.15, 0.2) is 3.09 Å². The molecule has 0 aromatic carbocycles. The third kappa shape index (κ3) is 1060. The molecule has 0 radical (unpaired) electrons. The van der Waals surface area contributed by atoms with Crippen molar-refractivity contribution in [2.75, 3.05) is 0 Å². The van der Waals surface area contributed by atoms with Gasteiger partial charge in [-0.2, -0.15) is 25.7 Å². The van der Waals surface area contributed by atoms with Crippen LogP contribution in [0.5, 0.6) is 0 Å². The summed E-state index contributed by atoms with van der Waals surface area (Å²) in [6.45, 7) is 25.1. The Morgan fingerprint density at radius 1 is 0.741 bits per heavy atom. The Kier molecular flexibility index (Phi) is 122. The Balaban J connectivity index is -0.0000000346. The molecule has 0 saturated carbocycles. The Bertz CT molecular complexity index is 188. The van der Waals surface area contributed by atoms with Crippen LogP contribution in [-0.2, 0) is 28.6 Å². The number of nitrogens with zero attached hydrogens (tertiary/aromatic N) is 1. The van der Waals surface area contributed by atoms with Gasteiger partial charge in [0.25, 0.3) is 11.9 Å². The van der Waals surface area contributed by atoms with E-state index < -0.39 is 11.9 Å². The van der Waals surface area contributed by atoms with Gasteiger partial charge in [0.2, 0.25) is 0 Å². The first kappa shape index (κ1) is 45.4. The minimum atomic E-state index is -0.833. The van der Waals surface area contributed by atoms with Gasteiger partial charge in [-0.25, -0.2) is 0 Å². The number of carbonyl (C=O) groups is 2. The van der Waals surface area contributed by atoms with Crippen molar-refractivity contribution in [1.29, 1.82) is 0 Å². The zero-order chi connectivity index (χ0) is 23.5.